The summed E-state index contributed by atoms with van der Waals surface area (Å²) >= 11 is 1.55. The normalized spacial score (nSPS) is 19.7. The van der Waals surface area contributed by atoms with Gasteiger partial charge in [0.2, 0.25) is 12.0 Å². The minimum atomic E-state index is -0.627. The van der Waals surface area contributed by atoms with Gasteiger partial charge in [-0.1, -0.05) is 12.1 Å². The van der Waals surface area contributed by atoms with E-state index in [-0.39, 0.29) is 18.4 Å². The van der Waals surface area contributed by atoms with Crippen molar-refractivity contribution in [3.05, 3.63) is 40.3 Å². The first kappa shape index (κ1) is 22.7. The lowest BCUT2D eigenvalue weighted by molar-refractivity contribution is -0.143. The molecular formula is C25H28N4O4S. The van der Waals surface area contributed by atoms with Gasteiger partial charge in [0.1, 0.15) is 17.7 Å². The molecule has 3 aliphatic rings. The predicted octanol–water partition coefficient (Wildman–Crippen LogP) is 2.81. The molecule has 3 heterocycles. The minimum Gasteiger partial charge on any atom is -0.485 e. The fraction of sp³-hybridized carbons (Fsp3) is 0.480. The largest absolute Gasteiger partial charge is 0.485 e. The number of ether oxygens (including phenoxy) is 2. The second-order valence-electron chi connectivity index (χ2n) is 8.86. The zero-order valence-corrected chi connectivity index (χ0v) is 19.9. The number of anilines is 1. The van der Waals surface area contributed by atoms with Gasteiger partial charge in [0.15, 0.2) is 11.5 Å². The van der Waals surface area contributed by atoms with Crippen molar-refractivity contribution in [3.8, 4) is 17.6 Å². The van der Waals surface area contributed by atoms with E-state index in [1.807, 2.05) is 29.2 Å². The predicted molar refractivity (Wildman–Crippen MR) is 128 cm³/mol. The average molecular weight is 481 g/mol. The number of hydrogen-bond acceptors (Lipinski definition) is 7. The first-order chi connectivity index (χ1) is 16.6. The Kier molecular flexibility index (Phi) is 6.70. The first-order valence-corrected chi connectivity index (χ1v) is 12.7. The summed E-state index contributed by atoms with van der Waals surface area (Å²) < 4.78 is 11.5. The Hall–Kier alpha value is -3.09. The van der Waals surface area contributed by atoms with Gasteiger partial charge in [-0.15, -0.1) is 11.3 Å². The molecule has 2 amide bonds. The van der Waals surface area contributed by atoms with E-state index >= 15 is 0 Å². The molecule has 9 heteroatoms. The maximum Gasteiger partial charge on any atom is 0.267 e. The Morgan fingerprint density at radius 3 is 2.68 bits per heavy atom. The quantitative estimate of drug-likeness (QED) is 0.707. The number of hydrogen-bond donors (Lipinski definition) is 1. The fourth-order valence-electron chi connectivity index (χ4n) is 4.76. The van der Waals surface area contributed by atoms with Crippen molar-refractivity contribution in [1.29, 1.82) is 5.26 Å². The van der Waals surface area contributed by atoms with Crippen LogP contribution in [0.25, 0.3) is 0 Å². The van der Waals surface area contributed by atoms with Gasteiger partial charge in [-0.2, -0.15) is 5.26 Å². The number of nitrogens with zero attached hydrogens (tertiary/aromatic N) is 3. The smallest absolute Gasteiger partial charge is 0.267 e. The molecule has 1 N–H and O–H groups in total. The minimum absolute atomic E-state index is 0.0578. The zero-order chi connectivity index (χ0) is 23.5. The molecule has 34 heavy (non-hydrogen) atoms. The van der Waals surface area contributed by atoms with Crippen LogP contribution in [0.3, 0.4) is 0 Å². The first-order valence-electron chi connectivity index (χ1n) is 11.9. The van der Waals surface area contributed by atoms with E-state index in [9.17, 15) is 14.9 Å². The Morgan fingerprint density at radius 2 is 1.88 bits per heavy atom. The van der Waals surface area contributed by atoms with Gasteiger partial charge in [-0.25, -0.2) is 0 Å². The average Bonchev–Trinajstić information content (AvgIpc) is 3.23. The fourth-order valence-corrected chi connectivity index (χ4v) is 6.01. The molecule has 2 aromatic rings. The van der Waals surface area contributed by atoms with Crippen LogP contribution in [-0.4, -0.2) is 67.0 Å². The van der Waals surface area contributed by atoms with Crippen LogP contribution in [0.1, 0.15) is 35.3 Å². The summed E-state index contributed by atoms with van der Waals surface area (Å²) in [5.74, 6) is 1.14. The lowest BCUT2D eigenvalue weighted by Gasteiger charge is -2.37. The molecule has 1 fully saturated rings. The molecule has 5 rings (SSSR count). The molecule has 0 spiro atoms. The van der Waals surface area contributed by atoms with Gasteiger partial charge in [0.25, 0.3) is 5.91 Å². The standard InChI is InChI=1S/C25H28N4O4S/c26-15-18-17-5-1-4-8-22(17)34-24(18)27-23(30)9-10-28-11-13-29(14-12-28)25(31)21-16-32-19-6-2-3-7-20(19)33-21/h2-3,6-7,21H,1,4-5,8-14,16H2,(H,27,30). The van der Waals surface area contributed by atoms with Crippen molar-refractivity contribution >= 4 is 28.2 Å². The van der Waals surface area contributed by atoms with E-state index < -0.39 is 6.10 Å². The molecule has 1 unspecified atom stereocenters. The number of para-hydroxylation sites is 2. The topological polar surface area (TPSA) is 94.9 Å². The van der Waals surface area contributed by atoms with E-state index in [1.165, 1.54) is 4.88 Å². The SMILES string of the molecule is N#Cc1c(NC(=O)CCN2CCN(C(=O)C3COc4ccccc4O3)CC2)sc2c1CCCC2. The molecule has 1 saturated heterocycles. The van der Waals surface area contributed by atoms with E-state index in [1.54, 1.807) is 11.3 Å². The Balaban J connectivity index is 1.08. The molecule has 1 aromatic heterocycles. The number of nitriles is 1. The molecular weight excluding hydrogens is 452 g/mol. The maximum absolute atomic E-state index is 12.9. The number of benzene rings is 1. The van der Waals surface area contributed by atoms with Crippen LogP contribution in [-0.2, 0) is 22.4 Å². The zero-order valence-electron chi connectivity index (χ0n) is 19.0. The highest BCUT2D eigenvalue weighted by Gasteiger charge is 2.32. The lowest BCUT2D eigenvalue weighted by Crippen LogP contribution is -2.54. The van der Waals surface area contributed by atoms with Crippen LogP contribution >= 0.6 is 11.3 Å². The summed E-state index contributed by atoms with van der Waals surface area (Å²) in [5.41, 5.74) is 1.78. The number of carbonyl (C=O) groups is 2. The third kappa shape index (κ3) is 4.74. The second-order valence-corrected chi connectivity index (χ2v) is 9.96. The third-order valence-electron chi connectivity index (χ3n) is 6.66. The summed E-state index contributed by atoms with van der Waals surface area (Å²) in [6.45, 7) is 3.44. The number of amides is 2. The number of piperazine rings is 1. The molecule has 0 bridgehead atoms. The monoisotopic (exact) mass is 480 g/mol. The van der Waals surface area contributed by atoms with Crippen LogP contribution < -0.4 is 14.8 Å². The van der Waals surface area contributed by atoms with Crippen molar-refractivity contribution < 1.29 is 19.1 Å². The van der Waals surface area contributed by atoms with Crippen molar-refractivity contribution in [2.24, 2.45) is 0 Å². The summed E-state index contributed by atoms with van der Waals surface area (Å²) in [6.07, 6.45) is 3.91. The van der Waals surface area contributed by atoms with Crippen molar-refractivity contribution in [1.82, 2.24) is 9.80 Å². The van der Waals surface area contributed by atoms with Crippen LogP contribution in [0.5, 0.6) is 11.5 Å². The number of thiophene rings is 1. The summed E-state index contributed by atoms with van der Waals surface area (Å²) in [4.78, 5) is 30.7. The molecule has 178 valence electrons. The molecule has 1 aromatic carbocycles. The number of fused-ring (bicyclic) bond motifs is 2. The number of rotatable bonds is 5. The van der Waals surface area contributed by atoms with Gasteiger partial charge in [0.05, 0.1) is 5.56 Å². The van der Waals surface area contributed by atoms with Gasteiger partial charge < -0.3 is 19.7 Å². The number of aryl methyl sites for hydroxylation is 1. The Bertz CT molecular complexity index is 1120. The van der Waals surface area contributed by atoms with Crippen molar-refractivity contribution in [2.45, 2.75) is 38.2 Å². The van der Waals surface area contributed by atoms with Crippen LogP contribution in [0.2, 0.25) is 0 Å². The maximum atomic E-state index is 12.9. The molecule has 0 saturated carbocycles. The molecule has 1 atom stereocenters. The van der Waals surface area contributed by atoms with Gasteiger partial charge >= 0.3 is 0 Å². The van der Waals surface area contributed by atoms with Crippen LogP contribution in [0, 0.1) is 11.3 Å². The Morgan fingerprint density at radius 1 is 1.12 bits per heavy atom. The lowest BCUT2D eigenvalue weighted by atomic mass is 9.96. The molecule has 1 aliphatic carbocycles. The highest BCUT2D eigenvalue weighted by atomic mass is 32.1. The van der Waals surface area contributed by atoms with Gasteiger partial charge in [-0.05, 0) is 43.4 Å². The van der Waals surface area contributed by atoms with Gasteiger partial charge in [-0.3, -0.25) is 14.5 Å². The second kappa shape index (κ2) is 10.0. The van der Waals surface area contributed by atoms with Crippen LogP contribution in [0.4, 0.5) is 5.00 Å². The Labute approximate surface area is 203 Å². The summed E-state index contributed by atoms with van der Waals surface area (Å²) in [6, 6.07) is 9.67. The highest BCUT2D eigenvalue weighted by Crippen LogP contribution is 2.37. The van der Waals surface area contributed by atoms with E-state index in [0.29, 0.717) is 61.2 Å². The third-order valence-corrected chi connectivity index (χ3v) is 7.87. The van der Waals surface area contributed by atoms with E-state index in [4.69, 9.17) is 9.47 Å². The van der Waals surface area contributed by atoms with E-state index in [0.717, 1.165) is 31.2 Å². The highest BCUT2D eigenvalue weighted by molar-refractivity contribution is 7.16. The number of carbonyl (C=O) groups excluding carboxylic acids is 2. The number of nitrogens with one attached hydrogen (secondary N) is 1. The molecule has 2 aliphatic heterocycles. The molecule has 0 radical (unpaired) electrons. The van der Waals surface area contributed by atoms with E-state index in [2.05, 4.69) is 16.3 Å². The summed E-state index contributed by atoms with van der Waals surface area (Å²) in [7, 11) is 0. The van der Waals surface area contributed by atoms with Gasteiger partial charge in [0, 0.05) is 44.0 Å². The van der Waals surface area contributed by atoms with Crippen molar-refractivity contribution in [2.75, 3.05) is 44.6 Å². The summed E-state index contributed by atoms with van der Waals surface area (Å²) in [5, 5.41) is 13.2. The molecule has 8 nitrogen and oxygen atoms in total. The van der Waals surface area contributed by atoms with Crippen molar-refractivity contribution in [3.63, 3.8) is 0 Å². The van der Waals surface area contributed by atoms with Crippen LogP contribution in [0.15, 0.2) is 24.3 Å².